The molecule has 11 nitrogen and oxygen atoms in total. The van der Waals surface area contributed by atoms with Gasteiger partial charge in [-0.3, -0.25) is 5.10 Å². The number of fused-ring (bicyclic) bond motifs is 2. The molecule has 0 saturated carbocycles. The van der Waals surface area contributed by atoms with Crippen molar-refractivity contribution in [3.05, 3.63) is 65.0 Å². The van der Waals surface area contributed by atoms with Gasteiger partial charge in [0.25, 0.3) is 0 Å². The summed E-state index contributed by atoms with van der Waals surface area (Å²) in [5, 5.41) is 17.3. The minimum absolute atomic E-state index is 0.0329. The maximum absolute atomic E-state index is 12.6. The Bertz CT molecular complexity index is 1420. The van der Waals surface area contributed by atoms with Gasteiger partial charge in [0.15, 0.2) is 11.5 Å². The van der Waals surface area contributed by atoms with Crippen LogP contribution in [0.5, 0.6) is 23.1 Å². The van der Waals surface area contributed by atoms with Gasteiger partial charge in [0.2, 0.25) is 18.6 Å². The van der Waals surface area contributed by atoms with Crippen LogP contribution in [0.15, 0.2) is 53.9 Å². The third-order valence-electron chi connectivity index (χ3n) is 6.27. The molecule has 182 valence electrons. The summed E-state index contributed by atoms with van der Waals surface area (Å²) in [6, 6.07) is 14.7. The number of hydrogen-bond acceptors (Lipinski definition) is 9. The van der Waals surface area contributed by atoms with E-state index >= 15 is 0 Å². The number of aromatic nitrogens is 2. The van der Waals surface area contributed by atoms with Crippen LogP contribution < -0.4 is 24.7 Å². The number of nitrogens with one attached hydrogen (secondary N) is 1. The van der Waals surface area contributed by atoms with E-state index in [1.165, 1.54) is 0 Å². The molecule has 1 amide bonds. The fourth-order valence-corrected chi connectivity index (χ4v) is 4.52. The van der Waals surface area contributed by atoms with Crippen molar-refractivity contribution in [3.63, 3.8) is 0 Å². The van der Waals surface area contributed by atoms with Crippen LogP contribution in [0, 0.1) is 11.3 Å². The Morgan fingerprint density at radius 1 is 1.17 bits per heavy atom. The van der Waals surface area contributed by atoms with Crippen molar-refractivity contribution in [3.8, 4) is 40.5 Å². The summed E-state index contributed by atoms with van der Waals surface area (Å²) < 4.78 is 27.6. The van der Waals surface area contributed by atoms with Crippen LogP contribution >= 0.6 is 0 Å². The number of nitrogens with zero attached hydrogens (tertiary/aromatic N) is 3. The number of carbonyl (C=O) groups is 1. The first kappa shape index (κ1) is 21.8. The lowest BCUT2D eigenvalue weighted by Crippen LogP contribution is -2.42. The van der Waals surface area contributed by atoms with Gasteiger partial charge in [0.05, 0.1) is 30.4 Å². The van der Waals surface area contributed by atoms with Gasteiger partial charge in [0, 0.05) is 18.7 Å². The average Bonchev–Trinajstić information content (AvgIpc) is 3.55. The van der Waals surface area contributed by atoms with Crippen LogP contribution in [0.1, 0.15) is 17.0 Å². The number of hydrogen-bond donors (Lipinski definition) is 2. The van der Waals surface area contributed by atoms with Gasteiger partial charge in [-0.05, 0) is 35.9 Å². The molecule has 3 aromatic rings. The summed E-state index contributed by atoms with van der Waals surface area (Å²) in [5.41, 5.74) is 9.08. The van der Waals surface area contributed by atoms with E-state index in [0.29, 0.717) is 60.4 Å². The van der Waals surface area contributed by atoms with Crippen LogP contribution in [0.4, 0.5) is 4.79 Å². The van der Waals surface area contributed by atoms with Crippen molar-refractivity contribution < 1.29 is 28.5 Å². The molecule has 4 heterocycles. The number of rotatable bonds is 3. The van der Waals surface area contributed by atoms with E-state index in [1.807, 2.05) is 24.3 Å². The van der Waals surface area contributed by atoms with Crippen molar-refractivity contribution in [2.45, 2.75) is 5.92 Å². The zero-order valence-electron chi connectivity index (χ0n) is 19.0. The minimum atomic E-state index is -0.611. The lowest BCUT2D eigenvalue weighted by Gasteiger charge is -2.26. The SMILES string of the molecule is N#CC1=C(N)Oc2n[nH]c(-c3ccc4c(c3)OCO4)c2[C@H]1c1cccc(OC(=O)N2CCOCC2)c1. The molecule has 0 aliphatic carbocycles. The van der Waals surface area contributed by atoms with E-state index in [9.17, 15) is 10.1 Å². The Morgan fingerprint density at radius 2 is 2.00 bits per heavy atom. The highest BCUT2D eigenvalue weighted by Crippen LogP contribution is 2.47. The van der Waals surface area contributed by atoms with Gasteiger partial charge in [-0.1, -0.05) is 12.1 Å². The predicted molar refractivity (Wildman–Crippen MR) is 124 cm³/mol. The van der Waals surface area contributed by atoms with Gasteiger partial charge in [-0.2, -0.15) is 5.26 Å². The Morgan fingerprint density at radius 3 is 2.83 bits per heavy atom. The first-order valence-electron chi connectivity index (χ1n) is 11.3. The standard InChI is InChI=1S/C25H21N5O6/c26-12-17-20(14-2-1-3-16(10-14)35-25(31)30-6-8-32-9-7-30)21-22(28-29-24(21)36-23(17)27)15-4-5-18-19(11-15)34-13-33-18/h1-5,10-11,20H,6-9,13,27H2,(H,28,29)/t20-/m0/s1. The molecule has 2 aromatic carbocycles. The third kappa shape index (κ3) is 3.73. The fraction of sp³-hybridized carbons (Fsp3) is 0.240. The van der Waals surface area contributed by atoms with E-state index in [2.05, 4.69) is 16.3 Å². The molecule has 36 heavy (non-hydrogen) atoms. The topological polar surface area (TPSA) is 145 Å². The van der Waals surface area contributed by atoms with Gasteiger partial charge in [-0.15, -0.1) is 5.10 Å². The van der Waals surface area contributed by atoms with Crippen molar-refractivity contribution >= 4 is 6.09 Å². The second kappa shape index (κ2) is 8.83. The summed E-state index contributed by atoms with van der Waals surface area (Å²) in [5.74, 6) is 1.23. The number of carbonyl (C=O) groups excluding carboxylic acids is 1. The van der Waals surface area contributed by atoms with Gasteiger partial charge < -0.3 is 34.3 Å². The van der Waals surface area contributed by atoms with Crippen molar-refractivity contribution in [1.29, 1.82) is 5.26 Å². The number of allylic oxidation sites excluding steroid dienone is 1. The summed E-state index contributed by atoms with van der Waals surface area (Å²) >= 11 is 0. The van der Waals surface area contributed by atoms with E-state index < -0.39 is 12.0 Å². The molecule has 1 aromatic heterocycles. The normalized spacial score (nSPS) is 18.3. The predicted octanol–water partition coefficient (Wildman–Crippen LogP) is 2.85. The van der Waals surface area contributed by atoms with Gasteiger partial charge >= 0.3 is 6.09 Å². The number of ether oxygens (including phenoxy) is 5. The quantitative estimate of drug-likeness (QED) is 0.569. The highest BCUT2D eigenvalue weighted by Gasteiger charge is 2.36. The summed E-state index contributed by atoms with van der Waals surface area (Å²) in [7, 11) is 0. The molecule has 0 radical (unpaired) electrons. The van der Waals surface area contributed by atoms with Crippen molar-refractivity contribution in [1.82, 2.24) is 15.1 Å². The average molecular weight is 487 g/mol. The number of H-pyrrole nitrogens is 1. The molecule has 1 atom stereocenters. The lowest BCUT2D eigenvalue weighted by molar-refractivity contribution is 0.0416. The molecule has 11 heteroatoms. The molecular weight excluding hydrogens is 466 g/mol. The second-order valence-corrected chi connectivity index (χ2v) is 8.35. The molecule has 0 unspecified atom stereocenters. The Kier molecular flexibility index (Phi) is 5.35. The first-order chi connectivity index (χ1) is 17.6. The molecule has 1 saturated heterocycles. The molecule has 0 spiro atoms. The monoisotopic (exact) mass is 487 g/mol. The molecule has 0 bridgehead atoms. The van der Waals surface area contributed by atoms with Crippen LogP contribution in [0.3, 0.4) is 0 Å². The zero-order valence-corrected chi connectivity index (χ0v) is 19.0. The van der Waals surface area contributed by atoms with Crippen molar-refractivity contribution in [2.24, 2.45) is 5.73 Å². The lowest BCUT2D eigenvalue weighted by atomic mass is 9.83. The molecule has 3 aliphatic rings. The number of nitrogens with two attached hydrogens (primary N) is 1. The molecule has 3 N–H and O–H groups in total. The van der Waals surface area contributed by atoms with Gasteiger partial charge in [0.1, 0.15) is 17.4 Å². The number of aromatic amines is 1. The number of amides is 1. The summed E-state index contributed by atoms with van der Waals surface area (Å²) in [6.07, 6.45) is -0.456. The van der Waals surface area contributed by atoms with E-state index in [0.717, 1.165) is 5.56 Å². The van der Waals surface area contributed by atoms with Crippen LogP contribution in [0.2, 0.25) is 0 Å². The molecule has 1 fully saturated rings. The first-order valence-corrected chi connectivity index (χ1v) is 11.3. The smallest absolute Gasteiger partial charge is 0.415 e. The van der Waals surface area contributed by atoms with Crippen LogP contribution in [-0.2, 0) is 4.74 Å². The maximum Gasteiger partial charge on any atom is 0.415 e. The Hall–Kier alpha value is -4.69. The molecular formula is C25H21N5O6. The number of nitriles is 1. The molecule has 3 aliphatic heterocycles. The zero-order chi connectivity index (χ0) is 24.6. The third-order valence-corrected chi connectivity index (χ3v) is 6.27. The second-order valence-electron chi connectivity index (χ2n) is 8.35. The number of benzene rings is 2. The van der Waals surface area contributed by atoms with E-state index in [1.54, 1.807) is 23.1 Å². The largest absolute Gasteiger partial charge is 0.454 e. The van der Waals surface area contributed by atoms with Gasteiger partial charge in [-0.25, -0.2) is 4.79 Å². The Balaban J connectivity index is 1.39. The highest BCUT2D eigenvalue weighted by atomic mass is 16.7. The minimum Gasteiger partial charge on any atom is -0.454 e. The van der Waals surface area contributed by atoms with Crippen molar-refractivity contribution in [2.75, 3.05) is 33.1 Å². The highest BCUT2D eigenvalue weighted by molar-refractivity contribution is 5.74. The number of morpholine rings is 1. The Labute approximate surface area is 205 Å². The molecule has 6 rings (SSSR count). The van der Waals surface area contributed by atoms with E-state index in [4.69, 9.17) is 29.4 Å². The van der Waals surface area contributed by atoms with Crippen LogP contribution in [0.25, 0.3) is 11.3 Å². The van der Waals surface area contributed by atoms with Crippen LogP contribution in [-0.4, -0.2) is 54.3 Å². The van der Waals surface area contributed by atoms with E-state index in [-0.39, 0.29) is 24.1 Å². The fourth-order valence-electron chi connectivity index (χ4n) is 4.52. The summed E-state index contributed by atoms with van der Waals surface area (Å²) in [4.78, 5) is 14.2. The maximum atomic E-state index is 12.6. The summed E-state index contributed by atoms with van der Waals surface area (Å²) in [6.45, 7) is 2.03.